The number of pyridine rings is 1. The lowest BCUT2D eigenvalue weighted by atomic mass is 10.00. The van der Waals surface area contributed by atoms with Crippen molar-refractivity contribution in [3.63, 3.8) is 0 Å². The minimum atomic E-state index is -1.22. The van der Waals surface area contributed by atoms with E-state index in [9.17, 15) is 9.90 Å². The van der Waals surface area contributed by atoms with Crippen molar-refractivity contribution in [2.75, 3.05) is 0 Å². The third-order valence-electron chi connectivity index (χ3n) is 4.01. The number of nitrogens with zero attached hydrogens (tertiary/aromatic N) is 1. The van der Waals surface area contributed by atoms with Crippen LogP contribution in [0.4, 0.5) is 0 Å². The highest BCUT2D eigenvalue weighted by Crippen LogP contribution is 2.23. The molecule has 2 aromatic carbocycles. The van der Waals surface area contributed by atoms with Crippen LogP contribution in [0.5, 0.6) is 0 Å². The zero-order chi connectivity index (χ0) is 17.6. The molecule has 0 aliphatic heterocycles. The molecule has 1 heterocycles. The zero-order valence-corrected chi connectivity index (χ0v) is 14.0. The average molecular weight is 332 g/mol. The molecule has 2 N–H and O–H groups in total. The molecule has 4 nitrogen and oxygen atoms in total. The highest BCUT2D eigenvalue weighted by atomic mass is 16.3. The fraction of sp³-hybridized carbons (Fsp3) is 0.143. The first-order valence-corrected chi connectivity index (χ1v) is 8.16. The SMILES string of the molecule is Cc1cccc(C(NC(=O)C(O)c2ccccc2)c2ccccn2)c1. The minimum Gasteiger partial charge on any atom is -0.378 e. The molecule has 3 aromatic rings. The van der Waals surface area contributed by atoms with Crippen LogP contribution < -0.4 is 5.32 Å². The molecule has 0 spiro atoms. The lowest BCUT2D eigenvalue weighted by molar-refractivity contribution is -0.130. The van der Waals surface area contributed by atoms with Crippen molar-refractivity contribution in [2.24, 2.45) is 0 Å². The Bertz CT molecular complexity index is 835. The van der Waals surface area contributed by atoms with Gasteiger partial charge in [-0.2, -0.15) is 0 Å². The summed E-state index contributed by atoms with van der Waals surface area (Å²) in [5.41, 5.74) is 3.30. The van der Waals surface area contributed by atoms with E-state index < -0.39 is 18.1 Å². The van der Waals surface area contributed by atoms with Gasteiger partial charge in [0.2, 0.25) is 0 Å². The van der Waals surface area contributed by atoms with E-state index in [2.05, 4.69) is 10.3 Å². The van der Waals surface area contributed by atoms with E-state index in [0.29, 0.717) is 5.56 Å². The predicted octanol–water partition coefficient (Wildman–Crippen LogP) is 3.33. The largest absolute Gasteiger partial charge is 0.378 e. The first kappa shape index (κ1) is 16.9. The second kappa shape index (κ2) is 7.73. The number of hydrogen-bond acceptors (Lipinski definition) is 3. The molecular weight excluding hydrogens is 312 g/mol. The first-order valence-electron chi connectivity index (χ1n) is 8.16. The second-order valence-electron chi connectivity index (χ2n) is 5.92. The fourth-order valence-corrected chi connectivity index (χ4v) is 2.73. The standard InChI is InChI=1S/C21H20N2O2/c1-15-8-7-11-17(14-15)19(18-12-5-6-13-22-18)23-21(25)20(24)16-9-3-2-4-10-16/h2-14,19-20,24H,1H3,(H,23,25). The molecule has 0 saturated heterocycles. The van der Waals surface area contributed by atoms with Crippen LogP contribution >= 0.6 is 0 Å². The van der Waals surface area contributed by atoms with Crippen molar-refractivity contribution in [3.8, 4) is 0 Å². The zero-order valence-electron chi connectivity index (χ0n) is 14.0. The molecular formula is C21H20N2O2. The number of aliphatic hydroxyl groups is 1. The number of nitrogens with one attached hydrogen (secondary N) is 1. The van der Waals surface area contributed by atoms with Gasteiger partial charge in [-0.3, -0.25) is 9.78 Å². The Labute approximate surface area is 147 Å². The van der Waals surface area contributed by atoms with Gasteiger partial charge >= 0.3 is 0 Å². The van der Waals surface area contributed by atoms with Crippen LogP contribution in [-0.2, 0) is 4.79 Å². The van der Waals surface area contributed by atoms with Crippen LogP contribution in [0.3, 0.4) is 0 Å². The van der Waals surface area contributed by atoms with Crippen LogP contribution in [0, 0.1) is 6.92 Å². The summed E-state index contributed by atoms with van der Waals surface area (Å²) in [4.78, 5) is 17.0. The summed E-state index contributed by atoms with van der Waals surface area (Å²) < 4.78 is 0. The third-order valence-corrected chi connectivity index (χ3v) is 4.01. The topological polar surface area (TPSA) is 62.2 Å². The molecule has 2 unspecified atom stereocenters. The van der Waals surface area contributed by atoms with Gasteiger partial charge in [-0.05, 0) is 30.2 Å². The quantitative estimate of drug-likeness (QED) is 0.753. The van der Waals surface area contributed by atoms with Crippen LogP contribution in [0.1, 0.15) is 34.5 Å². The molecule has 1 amide bonds. The summed E-state index contributed by atoms with van der Waals surface area (Å²) in [5.74, 6) is -0.455. The Kier molecular flexibility index (Phi) is 5.21. The number of carbonyl (C=O) groups excluding carboxylic acids is 1. The average Bonchev–Trinajstić information content (AvgIpc) is 2.66. The van der Waals surface area contributed by atoms with Gasteiger partial charge < -0.3 is 10.4 Å². The molecule has 0 fully saturated rings. The van der Waals surface area contributed by atoms with E-state index in [1.807, 2.05) is 55.5 Å². The van der Waals surface area contributed by atoms with E-state index in [-0.39, 0.29) is 0 Å². The Morgan fingerprint density at radius 1 is 0.960 bits per heavy atom. The Balaban J connectivity index is 1.89. The van der Waals surface area contributed by atoms with Crippen molar-refractivity contribution in [3.05, 3.63) is 101 Å². The molecule has 126 valence electrons. The number of hydrogen-bond donors (Lipinski definition) is 2. The number of amides is 1. The number of benzene rings is 2. The van der Waals surface area contributed by atoms with E-state index in [1.54, 1.807) is 30.5 Å². The monoisotopic (exact) mass is 332 g/mol. The highest BCUT2D eigenvalue weighted by Gasteiger charge is 2.23. The summed E-state index contributed by atoms with van der Waals surface area (Å²) in [6.45, 7) is 2.00. The number of aliphatic hydroxyl groups excluding tert-OH is 1. The maximum atomic E-state index is 12.6. The third kappa shape index (κ3) is 4.11. The normalized spacial score (nSPS) is 13.0. The fourth-order valence-electron chi connectivity index (χ4n) is 2.73. The van der Waals surface area contributed by atoms with Gasteiger partial charge in [0.05, 0.1) is 11.7 Å². The lowest BCUT2D eigenvalue weighted by Gasteiger charge is -2.21. The van der Waals surface area contributed by atoms with Gasteiger partial charge in [0.15, 0.2) is 6.10 Å². The molecule has 4 heteroatoms. The van der Waals surface area contributed by atoms with Crippen LogP contribution in [0.15, 0.2) is 79.0 Å². The lowest BCUT2D eigenvalue weighted by Crippen LogP contribution is -2.34. The molecule has 3 rings (SSSR count). The van der Waals surface area contributed by atoms with Crippen molar-refractivity contribution in [1.82, 2.24) is 10.3 Å². The van der Waals surface area contributed by atoms with Gasteiger partial charge in [0.25, 0.3) is 5.91 Å². The minimum absolute atomic E-state index is 0.424. The van der Waals surface area contributed by atoms with Crippen molar-refractivity contribution < 1.29 is 9.90 Å². The van der Waals surface area contributed by atoms with Gasteiger partial charge in [0.1, 0.15) is 0 Å². The summed E-state index contributed by atoms with van der Waals surface area (Å²) in [6, 6.07) is 21.9. The van der Waals surface area contributed by atoms with Gasteiger partial charge in [-0.1, -0.05) is 66.2 Å². The van der Waals surface area contributed by atoms with Gasteiger partial charge in [-0.25, -0.2) is 0 Å². The van der Waals surface area contributed by atoms with Gasteiger partial charge in [0, 0.05) is 6.20 Å². The first-order chi connectivity index (χ1) is 12.1. The molecule has 0 aliphatic carbocycles. The Hall–Kier alpha value is -2.98. The number of aryl methyl sites for hydroxylation is 1. The van der Waals surface area contributed by atoms with Crippen LogP contribution in [0.25, 0.3) is 0 Å². The molecule has 25 heavy (non-hydrogen) atoms. The van der Waals surface area contributed by atoms with Gasteiger partial charge in [-0.15, -0.1) is 0 Å². The maximum Gasteiger partial charge on any atom is 0.254 e. The Morgan fingerprint density at radius 2 is 1.68 bits per heavy atom. The smallest absolute Gasteiger partial charge is 0.254 e. The predicted molar refractivity (Wildman–Crippen MR) is 96.8 cm³/mol. The number of rotatable bonds is 5. The summed E-state index contributed by atoms with van der Waals surface area (Å²) in [6.07, 6.45) is 0.468. The second-order valence-corrected chi connectivity index (χ2v) is 5.92. The van der Waals surface area contributed by atoms with Crippen LogP contribution in [-0.4, -0.2) is 16.0 Å². The molecule has 2 atom stereocenters. The van der Waals surface area contributed by atoms with E-state index >= 15 is 0 Å². The molecule has 1 aromatic heterocycles. The summed E-state index contributed by atoms with van der Waals surface area (Å²) in [7, 11) is 0. The maximum absolute atomic E-state index is 12.6. The number of carbonyl (C=O) groups is 1. The van der Waals surface area contributed by atoms with Crippen molar-refractivity contribution >= 4 is 5.91 Å². The Morgan fingerprint density at radius 3 is 2.36 bits per heavy atom. The molecule has 0 aliphatic rings. The highest BCUT2D eigenvalue weighted by molar-refractivity contribution is 5.82. The van der Waals surface area contributed by atoms with E-state index in [0.717, 1.165) is 16.8 Å². The van der Waals surface area contributed by atoms with Crippen molar-refractivity contribution in [2.45, 2.75) is 19.1 Å². The van der Waals surface area contributed by atoms with Crippen molar-refractivity contribution in [1.29, 1.82) is 0 Å². The van der Waals surface area contributed by atoms with E-state index in [4.69, 9.17) is 0 Å². The van der Waals surface area contributed by atoms with Crippen LogP contribution in [0.2, 0.25) is 0 Å². The summed E-state index contributed by atoms with van der Waals surface area (Å²) >= 11 is 0. The molecule has 0 saturated carbocycles. The van der Waals surface area contributed by atoms with E-state index in [1.165, 1.54) is 0 Å². The number of aromatic nitrogens is 1. The molecule has 0 radical (unpaired) electrons. The summed E-state index contributed by atoms with van der Waals surface area (Å²) in [5, 5.41) is 13.3. The molecule has 0 bridgehead atoms.